The number of nitrogens with two attached hydrogens (primary N) is 1. The summed E-state index contributed by atoms with van der Waals surface area (Å²) in [6.45, 7) is 1.63. The number of rotatable bonds is 5. The molecule has 1 fully saturated rings. The Balaban J connectivity index is 1.54. The number of nitrogens with zero attached hydrogens (tertiary/aromatic N) is 3. The SMILES string of the molecule is N[C@@H](Cc1ccccc1)C(=O)NC1CCCN(c2ncccn2)C1. The zero-order valence-electron chi connectivity index (χ0n) is 13.6. The number of hydrogen-bond acceptors (Lipinski definition) is 5. The average molecular weight is 325 g/mol. The van der Waals surface area contributed by atoms with Crippen molar-refractivity contribution in [3.05, 3.63) is 54.4 Å². The molecule has 0 spiro atoms. The standard InChI is InChI=1S/C18H23N5O/c19-16(12-14-6-2-1-3-7-14)17(24)22-15-8-4-11-23(13-15)18-20-9-5-10-21-18/h1-3,5-7,9-10,15-16H,4,8,11-13,19H2,(H,22,24)/t15?,16-/m0/s1. The highest BCUT2D eigenvalue weighted by Gasteiger charge is 2.24. The van der Waals surface area contributed by atoms with Gasteiger partial charge in [0.05, 0.1) is 6.04 Å². The summed E-state index contributed by atoms with van der Waals surface area (Å²) in [5.74, 6) is 0.615. The van der Waals surface area contributed by atoms with Crippen molar-refractivity contribution < 1.29 is 4.79 Å². The highest BCUT2D eigenvalue weighted by Crippen LogP contribution is 2.15. The van der Waals surface area contributed by atoms with Crippen LogP contribution in [0.5, 0.6) is 0 Å². The molecule has 1 aliphatic heterocycles. The van der Waals surface area contributed by atoms with E-state index in [2.05, 4.69) is 20.2 Å². The Morgan fingerprint density at radius 3 is 2.75 bits per heavy atom. The van der Waals surface area contributed by atoms with Crippen LogP contribution in [0.25, 0.3) is 0 Å². The van der Waals surface area contributed by atoms with Gasteiger partial charge >= 0.3 is 0 Å². The van der Waals surface area contributed by atoms with Gasteiger partial charge in [-0.15, -0.1) is 0 Å². The van der Waals surface area contributed by atoms with E-state index in [-0.39, 0.29) is 11.9 Å². The quantitative estimate of drug-likeness (QED) is 0.861. The van der Waals surface area contributed by atoms with Crippen LogP contribution in [0.15, 0.2) is 48.8 Å². The topological polar surface area (TPSA) is 84.1 Å². The summed E-state index contributed by atoms with van der Waals surface area (Å²) in [5.41, 5.74) is 7.13. The molecule has 6 nitrogen and oxygen atoms in total. The average Bonchev–Trinajstić information content (AvgIpc) is 2.63. The number of benzene rings is 1. The van der Waals surface area contributed by atoms with E-state index >= 15 is 0 Å². The predicted molar refractivity (Wildman–Crippen MR) is 93.5 cm³/mol. The van der Waals surface area contributed by atoms with Crippen molar-refractivity contribution in [1.82, 2.24) is 15.3 Å². The molecule has 3 N–H and O–H groups in total. The van der Waals surface area contributed by atoms with Crippen molar-refractivity contribution in [2.75, 3.05) is 18.0 Å². The van der Waals surface area contributed by atoms with Crippen LogP contribution in [0.4, 0.5) is 5.95 Å². The Bertz CT molecular complexity index is 649. The van der Waals surface area contributed by atoms with Gasteiger partial charge in [-0.2, -0.15) is 0 Å². The number of amides is 1. The van der Waals surface area contributed by atoms with Crippen LogP contribution < -0.4 is 16.0 Å². The molecule has 1 aromatic heterocycles. The second-order valence-electron chi connectivity index (χ2n) is 6.14. The Morgan fingerprint density at radius 1 is 1.25 bits per heavy atom. The maximum absolute atomic E-state index is 12.4. The molecular formula is C18H23N5O. The third-order valence-electron chi connectivity index (χ3n) is 4.24. The maximum Gasteiger partial charge on any atom is 0.237 e. The van der Waals surface area contributed by atoms with Gasteiger partial charge in [-0.3, -0.25) is 4.79 Å². The molecule has 0 radical (unpaired) electrons. The molecule has 0 bridgehead atoms. The summed E-state index contributed by atoms with van der Waals surface area (Å²) in [6.07, 6.45) is 5.97. The van der Waals surface area contributed by atoms with Crippen LogP contribution in [-0.4, -0.2) is 41.0 Å². The first-order chi connectivity index (χ1) is 11.7. The van der Waals surface area contributed by atoms with Crippen molar-refractivity contribution in [2.24, 2.45) is 5.73 Å². The predicted octanol–water partition coefficient (Wildman–Crippen LogP) is 1.13. The molecular weight excluding hydrogens is 302 g/mol. The molecule has 2 heterocycles. The monoisotopic (exact) mass is 325 g/mol. The molecule has 1 aromatic carbocycles. The van der Waals surface area contributed by atoms with Crippen LogP contribution in [0.2, 0.25) is 0 Å². The third kappa shape index (κ3) is 4.29. The summed E-state index contributed by atoms with van der Waals surface area (Å²) in [4.78, 5) is 23.0. The molecule has 1 unspecified atom stereocenters. The Morgan fingerprint density at radius 2 is 2.00 bits per heavy atom. The first kappa shape index (κ1) is 16.4. The molecule has 126 valence electrons. The summed E-state index contributed by atoms with van der Waals surface area (Å²) in [6, 6.07) is 11.2. The lowest BCUT2D eigenvalue weighted by molar-refractivity contribution is -0.123. The zero-order valence-corrected chi connectivity index (χ0v) is 13.6. The van der Waals surface area contributed by atoms with Crippen LogP contribution in [0.1, 0.15) is 18.4 Å². The van der Waals surface area contributed by atoms with E-state index in [1.807, 2.05) is 30.3 Å². The number of anilines is 1. The molecule has 1 saturated heterocycles. The number of aromatic nitrogens is 2. The van der Waals surface area contributed by atoms with Crippen molar-refractivity contribution in [3.63, 3.8) is 0 Å². The Hall–Kier alpha value is -2.47. The van der Waals surface area contributed by atoms with E-state index in [9.17, 15) is 4.79 Å². The minimum atomic E-state index is -0.532. The van der Waals surface area contributed by atoms with E-state index in [1.54, 1.807) is 18.5 Å². The number of hydrogen-bond donors (Lipinski definition) is 2. The smallest absolute Gasteiger partial charge is 0.237 e. The fraction of sp³-hybridized carbons (Fsp3) is 0.389. The molecule has 6 heteroatoms. The van der Waals surface area contributed by atoms with Crippen molar-refractivity contribution in [3.8, 4) is 0 Å². The van der Waals surface area contributed by atoms with Crippen molar-refractivity contribution in [2.45, 2.75) is 31.3 Å². The van der Waals surface area contributed by atoms with Crippen LogP contribution >= 0.6 is 0 Å². The summed E-state index contributed by atoms with van der Waals surface area (Å²) < 4.78 is 0. The van der Waals surface area contributed by atoms with Crippen LogP contribution in [0, 0.1) is 0 Å². The van der Waals surface area contributed by atoms with Crippen LogP contribution in [-0.2, 0) is 11.2 Å². The Labute approximate surface area is 142 Å². The van der Waals surface area contributed by atoms with Gasteiger partial charge < -0.3 is 16.0 Å². The fourth-order valence-corrected chi connectivity index (χ4v) is 3.00. The minimum Gasteiger partial charge on any atom is -0.350 e. The number of nitrogens with one attached hydrogen (secondary N) is 1. The van der Waals surface area contributed by atoms with Gasteiger partial charge in [-0.25, -0.2) is 9.97 Å². The lowest BCUT2D eigenvalue weighted by Gasteiger charge is -2.33. The van der Waals surface area contributed by atoms with Gasteiger partial charge in [0, 0.05) is 31.5 Å². The molecule has 0 saturated carbocycles. The minimum absolute atomic E-state index is 0.0804. The third-order valence-corrected chi connectivity index (χ3v) is 4.24. The number of piperidine rings is 1. The van der Waals surface area contributed by atoms with E-state index in [1.165, 1.54) is 0 Å². The first-order valence-corrected chi connectivity index (χ1v) is 8.34. The largest absolute Gasteiger partial charge is 0.350 e. The summed E-state index contributed by atoms with van der Waals surface area (Å²) >= 11 is 0. The first-order valence-electron chi connectivity index (χ1n) is 8.34. The van der Waals surface area contributed by atoms with Gasteiger partial charge in [0.15, 0.2) is 0 Å². The van der Waals surface area contributed by atoms with Crippen molar-refractivity contribution >= 4 is 11.9 Å². The summed E-state index contributed by atoms with van der Waals surface area (Å²) in [7, 11) is 0. The Kier molecular flexibility index (Phi) is 5.38. The molecule has 1 amide bonds. The summed E-state index contributed by atoms with van der Waals surface area (Å²) in [5, 5.41) is 3.08. The molecule has 2 atom stereocenters. The fourth-order valence-electron chi connectivity index (χ4n) is 3.00. The van der Waals surface area contributed by atoms with Crippen molar-refractivity contribution in [1.29, 1.82) is 0 Å². The van der Waals surface area contributed by atoms with Gasteiger partial charge in [0.2, 0.25) is 11.9 Å². The molecule has 0 aliphatic carbocycles. The number of carbonyl (C=O) groups excluding carboxylic acids is 1. The highest BCUT2D eigenvalue weighted by molar-refractivity contribution is 5.82. The van der Waals surface area contributed by atoms with Gasteiger partial charge in [0.25, 0.3) is 0 Å². The van der Waals surface area contributed by atoms with E-state index in [4.69, 9.17) is 5.73 Å². The maximum atomic E-state index is 12.4. The van der Waals surface area contributed by atoms with Gasteiger partial charge in [0.1, 0.15) is 0 Å². The van der Waals surface area contributed by atoms with E-state index in [0.29, 0.717) is 18.9 Å². The highest BCUT2D eigenvalue weighted by atomic mass is 16.2. The second-order valence-corrected chi connectivity index (χ2v) is 6.14. The lowest BCUT2D eigenvalue weighted by Crippen LogP contribution is -2.52. The molecule has 1 aliphatic rings. The second kappa shape index (κ2) is 7.88. The molecule has 2 aromatic rings. The lowest BCUT2D eigenvalue weighted by atomic mass is 10.0. The van der Waals surface area contributed by atoms with Gasteiger partial charge in [-0.05, 0) is 30.9 Å². The molecule has 24 heavy (non-hydrogen) atoms. The normalized spacial score (nSPS) is 18.9. The number of carbonyl (C=O) groups is 1. The van der Waals surface area contributed by atoms with E-state index < -0.39 is 6.04 Å². The van der Waals surface area contributed by atoms with Crippen LogP contribution in [0.3, 0.4) is 0 Å². The van der Waals surface area contributed by atoms with Gasteiger partial charge in [-0.1, -0.05) is 30.3 Å². The zero-order chi connectivity index (χ0) is 16.8. The van der Waals surface area contributed by atoms with E-state index in [0.717, 1.165) is 24.9 Å². The molecule has 3 rings (SSSR count).